The van der Waals surface area contributed by atoms with Crippen molar-refractivity contribution in [2.75, 3.05) is 50.1 Å². The van der Waals surface area contributed by atoms with Gasteiger partial charge in [0.25, 0.3) is 0 Å². The lowest BCUT2D eigenvalue weighted by molar-refractivity contribution is -0.128. The Bertz CT molecular complexity index is 1200. The second-order valence-corrected chi connectivity index (χ2v) is 10.0. The molecule has 3 N–H and O–H groups in total. The standard InChI is InChI=1S/C28H36N6O2.C2H4O/c1-19(35)33-13-9-25(32-23-10-14-36-15-11-23)24(18-33)28(29)34-12-3-4-21-16-20(5-7-26(21)34)22-6-8-27(30-2)31-17-22;1-2-3/h5-8,16-17,23,29,32H,3-4,9-15,18H2,1-2H3,(H,30,31);2H,1H3. The molecule has 208 valence electrons. The molecule has 0 saturated carbocycles. The van der Waals surface area contributed by atoms with Gasteiger partial charge in [-0.2, -0.15) is 0 Å². The molecule has 1 fully saturated rings. The van der Waals surface area contributed by atoms with Gasteiger partial charge < -0.3 is 30.0 Å². The first-order valence-corrected chi connectivity index (χ1v) is 13.8. The summed E-state index contributed by atoms with van der Waals surface area (Å²) in [4.78, 5) is 29.5. The Hall–Kier alpha value is -3.72. The molecule has 1 aromatic heterocycles. The number of pyridine rings is 1. The van der Waals surface area contributed by atoms with Crippen molar-refractivity contribution in [3.63, 3.8) is 0 Å². The van der Waals surface area contributed by atoms with Gasteiger partial charge in [0.15, 0.2) is 0 Å². The Morgan fingerprint density at radius 1 is 1.13 bits per heavy atom. The van der Waals surface area contributed by atoms with Crippen LogP contribution in [0.4, 0.5) is 11.5 Å². The first-order chi connectivity index (χ1) is 18.9. The highest BCUT2D eigenvalue weighted by Crippen LogP contribution is 2.33. The number of aromatic nitrogens is 1. The van der Waals surface area contributed by atoms with Gasteiger partial charge in [-0.3, -0.25) is 10.2 Å². The van der Waals surface area contributed by atoms with E-state index in [0.717, 1.165) is 92.1 Å². The number of aryl methyl sites for hydroxylation is 1. The molecular weight excluding hydrogens is 492 g/mol. The third kappa shape index (κ3) is 6.84. The zero-order valence-corrected chi connectivity index (χ0v) is 23.3. The second-order valence-electron chi connectivity index (χ2n) is 10.0. The van der Waals surface area contributed by atoms with Crippen LogP contribution in [0.5, 0.6) is 0 Å². The number of anilines is 2. The van der Waals surface area contributed by atoms with Crippen LogP contribution < -0.4 is 15.5 Å². The highest BCUT2D eigenvalue weighted by molar-refractivity contribution is 6.09. The van der Waals surface area contributed by atoms with Crippen molar-refractivity contribution in [1.29, 1.82) is 5.41 Å². The highest BCUT2D eigenvalue weighted by Gasteiger charge is 2.30. The predicted molar refractivity (Wildman–Crippen MR) is 155 cm³/mol. The largest absolute Gasteiger partial charge is 0.385 e. The number of amidine groups is 1. The van der Waals surface area contributed by atoms with Gasteiger partial charge in [0.1, 0.15) is 17.9 Å². The topological polar surface area (TPSA) is 111 Å². The number of nitrogens with zero attached hydrogens (tertiary/aromatic N) is 3. The van der Waals surface area contributed by atoms with E-state index in [1.54, 1.807) is 6.92 Å². The first kappa shape index (κ1) is 28.3. The molecule has 0 aliphatic carbocycles. The number of hydrogen-bond acceptors (Lipinski definition) is 7. The number of carbonyl (C=O) groups is 2. The molecule has 1 aromatic carbocycles. The molecule has 4 heterocycles. The van der Waals surface area contributed by atoms with Gasteiger partial charge in [-0.1, -0.05) is 6.07 Å². The molecule has 1 amide bonds. The normalized spacial score (nSPS) is 17.5. The summed E-state index contributed by atoms with van der Waals surface area (Å²) in [6.45, 7) is 6.58. The Labute approximate surface area is 231 Å². The molecule has 3 aliphatic heterocycles. The monoisotopic (exact) mass is 532 g/mol. The van der Waals surface area contributed by atoms with Crippen LogP contribution in [0.25, 0.3) is 11.1 Å². The minimum absolute atomic E-state index is 0.0620. The fourth-order valence-corrected chi connectivity index (χ4v) is 5.38. The number of aldehydes is 1. The maximum absolute atomic E-state index is 12.2. The average molecular weight is 533 g/mol. The second kappa shape index (κ2) is 13.4. The summed E-state index contributed by atoms with van der Waals surface area (Å²) in [5, 5.41) is 16.1. The minimum Gasteiger partial charge on any atom is -0.385 e. The molecule has 3 aliphatic rings. The van der Waals surface area contributed by atoms with E-state index in [1.165, 1.54) is 12.5 Å². The van der Waals surface area contributed by atoms with Crippen molar-refractivity contribution >= 4 is 29.5 Å². The first-order valence-electron chi connectivity index (χ1n) is 13.8. The zero-order valence-electron chi connectivity index (χ0n) is 23.3. The SMILES string of the molecule is CC=O.CNc1ccc(-c2ccc3c(c2)CCCN3C(=N)C2=C(NC3CCOCC3)CCN(C(C)=O)C2)cn1. The summed E-state index contributed by atoms with van der Waals surface area (Å²) < 4.78 is 5.53. The quantitative estimate of drug-likeness (QED) is 0.303. The van der Waals surface area contributed by atoms with Crippen LogP contribution in [0, 0.1) is 5.41 Å². The molecular formula is C30H40N6O3. The van der Waals surface area contributed by atoms with Crippen LogP contribution in [0.2, 0.25) is 0 Å². The van der Waals surface area contributed by atoms with E-state index in [0.29, 0.717) is 25.0 Å². The van der Waals surface area contributed by atoms with Crippen LogP contribution in [0.15, 0.2) is 47.8 Å². The smallest absolute Gasteiger partial charge is 0.219 e. The van der Waals surface area contributed by atoms with Crippen LogP contribution >= 0.6 is 0 Å². The van der Waals surface area contributed by atoms with Gasteiger partial charge in [0.05, 0.1) is 6.54 Å². The Kier molecular flexibility index (Phi) is 9.70. The third-order valence-electron chi connectivity index (χ3n) is 7.50. The molecule has 1 saturated heterocycles. The fraction of sp³-hybridized carbons (Fsp3) is 0.467. The molecule has 9 nitrogen and oxygen atoms in total. The van der Waals surface area contributed by atoms with Gasteiger partial charge in [-0.25, -0.2) is 4.98 Å². The van der Waals surface area contributed by atoms with Crippen molar-refractivity contribution in [1.82, 2.24) is 15.2 Å². The summed E-state index contributed by atoms with van der Waals surface area (Å²) in [7, 11) is 1.87. The molecule has 9 heteroatoms. The molecule has 39 heavy (non-hydrogen) atoms. The number of amides is 1. The maximum atomic E-state index is 12.2. The number of nitrogens with one attached hydrogen (secondary N) is 3. The predicted octanol–water partition coefficient (Wildman–Crippen LogP) is 4.00. The summed E-state index contributed by atoms with van der Waals surface area (Å²) in [6.07, 6.45) is 7.32. The number of rotatable bonds is 5. The lowest BCUT2D eigenvalue weighted by atomic mass is 9.95. The van der Waals surface area contributed by atoms with Crippen LogP contribution in [0.3, 0.4) is 0 Å². The number of fused-ring (bicyclic) bond motifs is 1. The van der Waals surface area contributed by atoms with Gasteiger partial charge >= 0.3 is 0 Å². The Balaban J connectivity index is 0.00000112. The lowest BCUT2D eigenvalue weighted by Crippen LogP contribution is -2.46. The van der Waals surface area contributed by atoms with Gasteiger partial charge in [0, 0.05) is 81.5 Å². The Morgan fingerprint density at radius 2 is 1.87 bits per heavy atom. The molecule has 5 rings (SSSR count). The van der Waals surface area contributed by atoms with E-state index < -0.39 is 0 Å². The van der Waals surface area contributed by atoms with Crippen molar-refractivity contribution in [3.05, 3.63) is 53.4 Å². The third-order valence-corrected chi connectivity index (χ3v) is 7.50. The van der Waals surface area contributed by atoms with Crippen LogP contribution in [-0.2, 0) is 20.7 Å². The number of carbonyl (C=O) groups excluding carboxylic acids is 2. The molecule has 0 atom stereocenters. The van der Waals surface area contributed by atoms with E-state index in [2.05, 4.69) is 44.8 Å². The molecule has 0 unspecified atom stereocenters. The maximum Gasteiger partial charge on any atom is 0.219 e. The van der Waals surface area contributed by atoms with E-state index in [-0.39, 0.29) is 5.91 Å². The van der Waals surface area contributed by atoms with E-state index in [9.17, 15) is 10.2 Å². The van der Waals surface area contributed by atoms with Crippen LogP contribution in [0.1, 0.15) is 45.1 Å². The number of hydrogen-bond donors (Lipinski definition) is 3. The Morgan fingerprint density at radius 3 is 2.54 bits per heavy atom. The fourth-order valence-electron chi connectivity index (χ4n) is 5.38. The summed E-state index contributed by atoms with van der Waals surface area (Å²) in [5.74, 6) is 1.41. The zero-order chi connectivity index (χ0) is 27.8. The summed E-state index contributed by atoms with van der Waals surface area (Å²) in [5.41, 5.74) is 6.61. The van der Waals surface area contributed by atoms with Gasteiger partial charge in [0.2, 0.25) is 5.91 Å². The molecule has 0 radical (unpaired) electrons. The summed E-state index contributed by atoms with van der Waals surface area (Å²) >= 11 is 0. The van der Waals surface area contributed by atoms with Gasteiger partial charge in [-0.15, -0.1) is 0 Å². The van der Waals surface area contributed by atoms with Crippen molar-refractivity contribution < 1.29 is 14.3 Å². The molecule has 0 bridgehead atoms. The van der Waals surface area contributed by atoms with E-state index >= 15 is 0 Å². The summed E-state index contributed by atoms with van der Waals surface area (Å²) in [6, 6.07) is 10.9. The lowest BCUT2D eigenvalue weighted by Gasteiger charge is -2.38. The van der Waals surface area contributed by atoms with Crippen molar-refractivity contribution in [3.8, 4) is 11.1 Å². The molecule has 0 spiro atoms. The van der Waals surface area contributed by atoms with Crippen molar-refractivity contribution in [2.45, 2.75) is 52.0 Å². The minimum atomic E-state index is 0.0620. The highest BCUT2D eigenvalue weighted by atomic mass is 16.5. The van der Waals surface area contributed by atoms with Gasteiger partial charge in [-0.05, 0) is 68.0 Å². The van der Waals surface area contributed by atoms with E-state index in [1.807, 2.05) is 24.2 Å². The van der Waals surface area contributed by atoms with Crippen molar-refractivity contribution in [2.24, 2.45) is 0 Å². The van der Waals surface area contributed by atoms with Crippen LogP contribution in [-0.4, -0.2) is 73.9 Å². The molecule has 2 aromatic rings. The number of benzene rings is 1. The van der Waals surface area contributed by atoms with E-state index in [4.69, 9.17) is 9.53 Å². The average Bonchev–Trinajstić information content (AvgIpc) is 2.97. The number of ether oxygens (including phenoxy) is 1.